The maximum Gasteiger partial charge on any atom is 0.290 e. The normalized spacial score (nSPS) is 10.6. The van der Waals surface area contributed by atoms with Gasteiger partial charge in [0.05, 0.1) is 5.25 Å². The molecule has 7 heteroatoms. The molecule has 4 N–H and O–H groups in total. The first-order chi connectivity index (χ1) is 5.77. The van der Waals surface area contributed by atoms with E-state index in [0.29, 0.717) is 0 Å². The highest BCUT2D eigenvalue weighted by molar-refractivity contribution is 7.87. The van der Waals surface area contributed by atoms with Crippen LogP contribution in [0.25, 0.3) is 0 Å². The van der Waals surface area contributed by atoms with Gasteiger partial charge in [-0.1, -0.05) is 6.58 Å². The fourth-order valence-corrected chi connectivity index (χ4v) is 0.664. The van der Waals surface area contributed by atoms with Gasteiger partial charge in [-0.25, -0.2) is 5.48 Å². The predicted molar refractivity (Wildman–Crippen MR) is 53.1 cm³/mol. The third-order valence-electron chi connectivity index (χ3n) is 1.22. The summed E-state index contributed by atoms with van der Waals surface area (Å²) in [7, 11) is -3.70. The van der Waals surface area contributed by atoms with Gasteiger partial charge in [-0.15, -0.1) is 4.28 Å². The summed E-state index contributed by atoms with van der Waals surface area (Å²) in [6.07, 6.45) is 0. The smallest absolute Gasteiger partial charge is 0.290 e. The lowest BCUT2D eigenvalue weighted by atomic mass is 10.3. The van der Waals surface area contributed by atoms with Crippen LogP contribution in [0.2, 0.25) is 0 Å². The molecule has 0 aromatic heterocycles. The van der Waals surface area contributed by atoms with Crippen molar-refractivity contribution < 1.29 is 17.5 Å². The van der Waals surface area contributed by atoms with E-state index < -0.39 is 21.3 Å². The Kier molecular flexibility index (Phi) is 6.37. The maximum absolute atomic E-state index is 11.0. The van der Waals surface area contributed by atoms with E-state index in [1.54, 1.807) is 5.48 Å². The lowest BCUT2D eigenvalue weighted by molar-refractivity contribution is -0.123. The molecule has 6 nitrogen and oxygen atoms in total. The molecule has 0 fully saturated rings. The highest BCUT2D eigenvalue weighted by atomic mass is 32.2. The number of amides is 1. The molecule has 0 aliphatic rings. The highest BCUT2D eigenvalue weighted by Gasteiger charge is 2.18. The Bertz CT molecular complexity index is 308. The molecule has 0 heterocycles. The molecule has 0 saturated heterocycles. The van der Waals surface area contributed by atoms with Crippen LogP contribution in [0.1, 0.15) is 20.8 Å². The largest absolute Gasteiger partial charge is 0.344 e. The molecule has 0 aromatic rings. The van der Waals surface area contributed by atoms with Gasteiger partial charge in [0.25, 0.3) is 16.0 Å². The summed E-state index contributed by atoms with van der Waals surface area (Å²) in [6.45, 7) is 7.65. The molecule has 0 spiro atoms. The Morgan fingerprint density at radius 1 is 1.43 bits per heavy atom. The average Bonchev–Trinajstić information content (AvgIpc) is 1.99. The minimum Gasteiger partial charge on any atom is -0.344 e. The third-order valence-corrected chi connectivity index (χ3v) is 2.69. The van der Waals surface area contributed by atoms with E-state index in [1.807, 2.05) is 0 Å². The predicted octanol–water partition coefficient (Wildman–Crippen LogP) is 0.511. The molecule has 0 atom stereocenters. The number of carbonyl (C=O) groups excluding carboxylic acids is 1. The van der Waals surface area contributed by atoms with Crippen molar-refractivity contribution in [1.82, 2.24) is 11.6 Å². The zero-order valence-electron chi connectivity index (χ0n) is 8.53. The minimum absolute atomic E-state index is 0. The van der Waals surface area contributed by atoms with Gasteiger partial charge in [-0.3, -0.25) is 4.79 Å². The molecular formula is C7H16N2O4S. The molecule has 0 unspecified atom stereocenters. The molecular weight excluding hydrogens is 208 g/mol. The van der Waals surface area contributed by atoms with E-state index in [9.17, 15) is 13.2 Å². The third kappa shape index (κ3) is 4.95. The van der Waals surface area contributed by atoms with Crippen molar-refractivity contribution in [2.75, 3.05) is 0 Å². The van der Waals surface area contributed by atoms with Crippen molar-refractivity contribution in [2.24, 2.45) is 0 Å². The van der Waals surface area contributed by atoms with Crippen LogP contribution in [-0.4, -0.2) is 19.6 Å². The standard InChI is InChI=1S/C7H13NO4S.H3N/c1-5(2)7(9)8-12-13(10,11)6(3)4;/h6H,1H2,2-4H3,(H,8,9);1H3. The average molecular weight is 224 g/mol. The summed E-state index contributed by atoms with van der Waals surface area (Å²) >= 11 is 0. The van der Waals surface area contributed by atoms with E-state index in [1.165, 1.54) is 20.8 Å². The quantitative estimate of drug-likeness (QED) is 0.534. The molecule has 0 aliphatic carbocycles. The zero-order chi connectivity index (χ0) is 10.6. The van der Waals surface area contributed by atoms with Crippen LogP contribution in [-0.2, 0) is 19.2 Å². The number of hydroxylamine groups is 1. The molecule has 0 aliphatic heterocycles. The van der Waals surface area contributed by atoms with Crippen LogP contribution in [0.4, 0.5) is 0 Å². The minimum atomic E-state index is -3.70. The van der Waals surface area contributed by atoms with Crippen LogP contribution < -0.4 is 11.6 Å². The van der Waals surface area contributed by atoms with Gasteiger partial charge in [0.15, 0.2) is 0 Å². The molecule has 0 aromatic carbocycles. The van der Waals surface area contributed by atoms with Crippen LogP contribution >= 0.6 is 0 Å². The Morgan fingerprint density at radius 3 is 2.14 bits per heavy atom. The second kappa shape index (κ2) is 5.74. The molecule has 0 bridgehead atoms. The topological polar surface area (TPSA) is 107 Å². The second-order valence-corrected chi connectivity index (χ2v) is 4.93. The molecule has 14 heavy (non-hydrogen) atoms. The van der Waals surface area contributed by atoms with E-state index in [4.69, 9.17) is 0 Å². The monoisotopic (exact) mass is 224 g/mol. The molecule has 0 radical (unpaired) electrons. The molecule has 84 valence electrons. The van der Waals surface area contributed by atoms with Crippen LogP contribution in [0.5, 0.6) is 0 Å². The summed E-state index contributed by atoms with van der Waals surface area (Å²) in [4.78, 5) is 10.8. The first-order valence-corrected chi connectivity index (χ1v) is 5.12. The van der Waals surface area contributed by atoms with Gasteiger partial charge in [0.2, 0.25) is 0 Å². The first kappa shape index (κ1) is 15.5. The number of nitrogens with one attached hydrogen (secondary N) is 1. The number of carbonyl (C=O) groups is 1. The fraction of sp³-hybridized carbons (Fsp3) is 0.571. The summed E-state index contributed by atoms with van der Waals surface area (Å²) in [5.74, 6) is -0.649. The second-order valence-electron chi connectivity index (χ2n) is 2.84. The highest BCUT2D eigenvalue weighted by Crippen LogP contribution is 2.00. The lowest BCUT2D eigenvalue weighted by Crippen LogP contribution is -2.30. The fourth-order valence-electron chi connectivity index (χ4n) is 0.279. The van der Waals surface area contributed by atoms with Crippen molar-refractivity contribution in [2.45, 2.75) is 26.0 Å². The maximum atomic E-state index is 11.0. The Labute approximate surface area is 84.0 Å². The summed E-state index contributed by atoms with van der Waals surface area (Å²) in [5.41, 5.74) is 1.96. The van der Waals surface area contributed by atoms with Crippen molar-refractivity contribution >= 4 is 16.0 Å². The summed E-state index contributed by atoms with van der Waals surface area (Å²) < 4.78 is 26.2. The summed E-state index contributed by atoms with van der Waals surface area (Å²) in [6, 6.07) is 0. The van der Waals surface area contributed by atoms with Gasteiger partial charge in [-0.2, -0.15) is 8.42 Å². The SMILES string of the molecule is C=C(C)C(=O)NOS(=O)(=O)C(C)C.N. The van der Waals surface area contributed by atoms with Crippen molar-refractivity contribution in [3.63, 3.8) is 0 Å². The van der Waals surface area contributed by atoms with E-state index in [2.05, 4.69) is 10.9 Å². The number of rotatable bonds is 4. The number of hydrogen-bond acceptors (Lipinski definition) is 5. The van der Waals surface area contributed by atoms with Crippen LogP contribution in [0, 0.1) is 0 Å². The summed E-state index contributed by atoms with van der Waals surface area (Å²) in [5, 5.41) is -0.696. The van der Waals surface area contributed by atoms with Gasteiger partial charge in [-0.05, 0) is 20.8 Å². The van der Waals surface area contributed by atoms with Gasteiger partial charge < -0.3 is 6.15 Å². The van der Waals surface area contributed by atoms with E-state index in [-0.39, 0.29) is 11.7 Å². The first-order valence-electron chi connectivity index (χ1n) is 3.65. The lowest BCUT2D eigenvalue weighted by Gasteiger charge is -2.07. The number of hydrogen-bond donors (Lipinski definition) is 2. The molecule has 0 saturated carbocycles. The van der Waals surface area contributed by atoms with Crippen molar-refractivity contribution in [3.8, 4) is 0 Å². The van der Waals surface area contributed by atoms with Gasteiger partial charge in [0, 0.05) is 5.57 Å². The van der Waals surface area contributed by atoms with Crippen molar-refractivity contribution in [3.05, 3.63) is 12.2 Å². The zero-order valence-corrected chi connectivity index (χ0v) is 9.35. The Morgan fingerprint density at radius 2 is 1.86 bits per heavy atom. The van der Waals surface area contributed by atoms with Crippen molar-refractivity contribution in [1.29, 1.82) is 0 Å². The molecule has 0 rings (SSSR count). The Balaban J connectivity index is 0. The molecule has 1 amide bonds. The Hall–Kier alpha value is -0.920. The van der Waals surface area contributed by atoms with E-state index >= 15 is 0 Å². The van der Waals surface area contributed by atoms with Gasteiger partial charge >= 0.3 is 0 Å². The van der Waals surface area contributed by atoms with Gasteiger partial charge in [0.1, 0.15) is 0 Å². The van der Waals surface area contributed by atoms with Crippen LogP contribution in [0.3, 0.4) is 0 Å². The van der Waals surface area contributed by atoms with Crippen LogP contribution in [0.15, 0.2) is 12.2 Å². The van der Waals surface area contributed by atoms with E-state index in [0.717, 1.165) is 0 Å².